The number of carbonyl (C=O) groups excluding carboxylic acids is 12. The maximum Gasteiger partial charge on any atom is 0.245 e. The number of aromatic hydroxyl groups is 2. The molecule has 552 valence electrons. The maximum absolute atomic E-state index is 14.3. The lowest BCUT2D eigenvalue weighted by molar-refractivity contribution is -0.249. The molecule has 0 spiro atoms. The average molecular weight is 1410 g/mol. The number of primary amides is 1. The third kappa shape index (κ3) is 20.4. The van der Waals surface area contributed by atoms with Gasteiger partial charge >= 0.3 is 0 Å². The van der Waals surface area contributed by atoms with Gasteiger partial charge in [-0.2, -0.15) is 0 Å². The number of hydrogen-bond donors (Lipinski definition) is 19. The van der Waals surface area contributed by atoms with Gasteiger partial charge in [-0.25, -0.2) is 0 Å². The lowest BCUT2D eigenvalue weighted by atomic mass is 9.72. The molecular formula is C65H94N12O23. The molecule has 1 saturated carbocycles. The summed E-state index contributed by atoms with van der Waals surface area (Å²) in [6, 6.07) is -8.43. The van der Waals surface area contributed by atoms with E-state index in [0.29, 0.717) is 25.7 Å². The Bertz CT molecular complexity index is 3380. The first-order valence-electron chi connectivity index (χ1n) is 33.2. The number of nitrogens with zero attached hydrogens (tertiary/aromatic N) is 1. The Balaban J connectivity index is 1.12. The van der Waals surface area contributed by atoms with E-state index >= 15 is 0 Å². The summed E-state index contributed by atoms with van der Waals surface area (Å²) >= 11 is 0. The Hall–Kier alpha value is -8.97. The second kappa shape index (κ2) is 36.9. The topological polar surface area (TPSA) is 581 Å². The highest BCUT2D eigenvalue weighted by Gasteiger charge is 2.51. The minimum absolute atomic E-state index is 0.0275. The molecule has 1 heterocycles. The molecule has 0 radical (unpaired) electrons. The van der Waals surface area contributed by atoms with Crippen LogP contribution in [0.4, 0.5) is 0 Å². The number of aliphatic imine (C=N–C) groups is 1. The standard InChI is InChI=1S/C65H94N12O23/c1-5-6-16-36(58(91)73-38-23-47(99-30(2)52(38)85)100-44-25-65(97,45(83)29-81)24-34-49(44)56(89)51-50(54(34)87)53(86)33-15-12-18-43(98-4)48(33)55(51)88)71-61(94)40(26-78)76-63(96)42(28-80)77-62(95)41(27-79)75-59(92)37(19-20-46(66)84)72-60(93)39(22-32-13-8-7-9-14-32)74-57(90)35(70-31(3)82)17-10-11-21-69-64(67)68/h12,15,18,30,32,35-42,44,47,52,78-81,85,87,89,97H,5-11,13-14,16-17,19-29H2,1-4H3,(H2,66,84)(H,70,82)(H,71,94)(H,72,93)(H,73,91)(H,74,90)(H,75,92)(H,76,96)(H,77,95)(H4,67,68,69)/t30-,35-,36-,37-,38-,39-,40-,41-,42-,44-,47-,52+,65-/m0/s1. The van der Waals surface area contributed by atoms with Crippen LogP contribution in [-0.4, -0.2) is 230 Å². The van der Waals surface area contributed by atoms with Crippen molar-refractivity contribution in [3.05, 3.63) is 51.6 Å². The van der Waals surface area contributed by atoms with Crippen molar-refractivity contribution < 1.29 is 113 Å². The van der Waals surface area contributed by atoms with E-state index in [1.165, 1.54) is 39.2 Å². The molecule has 0 unspecified atom stereocenters. The van der Waals surface area contributed by atoms with E-state index in [0.717, 1.165) is 32.1 Å². The van der Waals surface area contributed by atoms with Crippen LogP contribution in [0.3, 0.4) is 0 Å². The summed E-state index contributed by atoms with van der Waals surface area (Å²) in [6.45, 7) is -0.0515. The largest absolute Gasteiger partial charge is 0.507 e. The fourth-order valence-corrected chi connectivity index (χ4v) is 12.8. The summed E-state index contributed by atoms with van der Waals surface area (Å²) in [6.07, 6.45) is -2.86. The Labute approximate surface area is 575 Å². The van der Waals surface area contributed by atoms with E-state index in [1.54, 1.807) is 6.92 Å². The molecular weight excluding hydrogens is 1320 g/mol. The number of carbonyl (C=O) groups is 12. The SMILES string of the molecule is CCCC[C@H](NC(=O)[C@H](CO)NC(=O)[C@H](CO)NC(=O)[C@H](CO)NC(=O)[C@H](CCC(N)=O)NC(=O)[C@H](CC1CCCCC1)NC(=O)[C@H](CCCCN=C(N)N)NC(C)=O)C(=O)N[C@H]1C[C@H](O[C@H]2C[C@](O)(C(=O)CO)Cc3c(O)c4c(c(O)c32)C(=O)c2c(OC)cccc2C4=O)O[C@@H](C)[C@H]1O. The second-order valence-corrected chi connectivity index (χ2v) is 25.5. The van der Waals surface area contributed by atoms with Gasteiger partial charge in [0.2, 0.25) is 58.9 Å². The van der Waals surface area contributed by atoms with Crippen LogP contribution in [0.2, 0.25) is 0 Å². The number of fused-ring (bicyclic) bond motifs is 3. The molecule has 2 aromatic rings. The summed E-state index contributed by atoms with van der Waals surface area (Å²) in [5.74, 6) is -13.7. The van der Waals surface area contributed by atoms with E-state index in [1.807, 2.05) is 0 Å². The third-order valence-corrected chi connectivity index (χ3v) is 18.1. The summed E-state index contributed by atoms with van der Waals surface area (Å²) in [5, 5.41) is 108. The van der Waals surface area contributed by atoms with Gasteiger partial charge in [-0.05, 0) is 57.4 Å². The van der Waals surface area contributed by atoms with Crippen molar-refractivity contribution in [1.82, 2.24) is 42.5 Å². The highest BCUT2D eigenvalue weighted by Crippen LogP contribution is 2.53. The van der Waals surface area contributed by atoms with E-state index < -0.39 is 230 Å². The Kier molecular flexibility index (Phi) is 29.5. The molecule has 1 aliphatic heterocycles. The molecule has 9 amide bonds. The Morgan fingerprint density at radius 2 is 1.21 bits per heavy atom. The zero-order valence-corrected chi connectivity index (χ0v) is 56.2. The lowest BCUT2D eigenvalue weighted by Crippen LogP contribution is -2.62. The Morgan fingerprint density at radius 3 is 1.75 bits per heavy atom. The van der Waals surface area contributed by atoms with Crippen molar-refractivity contribution in [1.29, 1.82) is 0 Å². The highest BCUT2D eigenvalue weighted by atomic mass is 16.7. The molecule has 2 fully saturated rings. The van der Waals surface area contributed by atoms with Gasteiger partial charge in [0, 0.05) is 55.8 Å². The third-order valence-electron chi connectivity index (χ3n) is 18.1. The lowest BCUT2D eigenvalue weighted by Gasteiger charge is -2.43. The van der Waals surface area contributed by atoms with Crippen molar-refractivity contribution >= 4 is 76.5 Å². The number of phenolic OH excluding ortho intramolecular Hbond substituents is 2. The maximum atomic E-state index is 14.3. The van der Waals surface area contributed by atoms with Crippen molar-refractivity contribution in [3.8, 4) is 17.2 Å². The van der Waals surface area contributed by atoms with E-state index in [-0.39, 0.29) is 65.7 Å². The number of amides is 9. The number of nitrogens with one attached hydrogen (secondary N) is 8. The van der Waals surface area contributed by atoms with E-state index in [2.05, 4.69) is 47.5 Å². The van der Waals surface area contributed by atoms with Gasteiger partial charge in [0.1, 0.15) is 77.9 Å². The van der Waals surface area contributed by atoms with Crippen LogP contribution in [0, 0.1) is 5.92 Å². The molecule has 35 nitrogen and oxygen atoms in total. The Morgan fingerprint density at radius 1 is 0.680 bits per heavy atom. The summed E-state index contributed by atoms with van der Waals surface area (Å²) in [5.41, 5.74) is 11.3. The first kappa shape index (κ1) is 80.0. The normalized spacial score (nSPS) is 21.6. The number of guanidine groups is 1. The predicted octanol–water partition coefficient (Wildman–Crippen LogP) is -4.58. The van der Waals surface area contributed by atoms with Crippen molar-refractivity contribution in [2.75, 3.05) is 40.1 Å². The smallest absolute Gasteiger partial charge is 0.245 e. The molecule has 100 heavy (non-hydrogen) atoms. The van der Waals surface area contributed by atoms with Crippen molar-refractivity contribution in [3.63, 3.8) is 0 Å². The van der Waals surface area contributed by atoms with Crippen LogP contribution in [0.25, 0.3) is 0 Å². The predicted molar refractivity (Wildman–Crippen MR) is 350 cm³/mol. The fourth-order valence-electron chi connectivity index (χ4n) is 12.8. The number of phenols is 2. The van der Waals surface area contributed by atoms with Crippen LogP contribution >= 0.6 is 0 Å². The molecule has 6 rings (SSSR count). The van der Waals surface area contributed by atoms with Gasteiger partial charge in [-0.1, -0.05) is 64.0 Å². The number of Topliss-reactive ketones (excluding diaryl/α,β-unsaturated/α-hetero) is 1. The van der Waals surface area contributed by atoms with Gasteiger partial charge in [0.25, 0.3) is 0 Å². The van der Waals surface area contributed by atoms with Gasteiger partial charge in [-0.3, -0.25) is 62.5 Å². The number of aliphatic hydroxyl groups excluding tert-OH is 5. The number of ether oxygens (including phenoxy) is 3. The van der Waals surface area contributed by atoms with Gasteiger partial charge in [0.15, 0.2) is 23.8 Å². The minimum Gasteiger partial charge on any atom is -0.507 e. The molecule has 22 N–H and O–H groups in total. The monoisotopic (exact) mass is 1410 g/mol. The molecule has 35 heteroatoms. The number of methoxy groups -OCH3 is 1. The molecule has 2 aromatic carbocycles. The quantitative estimate of drug-likeness (QED) is 0.0113. The molecule has 0 bridgehead atoms. The van der Waals surface area contributed by atoms with Crippen molar-refractivity contribution in [2.45, 2.75) is 208 Å². The number of nitrogens with two attached hydrogens (primary N) is 3. The minimum atomic E-state index is -2.51. The van der Waals surface area contributed by atoms with Crippen molar-refractivity contribution in [2.24, 2.45) is 28.1 Å². The fraction of sp³-hybridized carbons (Fsp3) is 0.615. The highest BCUT2D eigenvalue weighted by molar-refractivity contribution is 6.31. The second-order valence-electron chi connectivity index (χ2n) is 25.5. The zero-order chi connectivity index (χ0) is 73.9. The van der Waals surface area contributed by atoms with E-state index in [9.17, 15) is 98.4 Å². The number of hydrogen-bond acceptors (Lipinski definition) is 24. The summed E-state index contributed by atoms with van der Waals surface area (Å²) < 4.78 is 17.6. The zero-order valence-electron chi connectivity index (χ0n) is 56.2. The number of aliphatic hydroxyl groups is 6. The van der Waals surface area contributed by atoms with Crippen LogP contribution < -0.4 is 64.5 Å². The van der Waals surface area contributed by atoms with Crippen LogP contribution in [0.5, 0.6) is 17.2 Å². The number of benzene rings is 2. The first-order valence-corrected chi connectivity index (χ1v) is 33.2. The summed E-state index contributed by atoms with van der Waals surface area (Å²) in [7, 11) is 1.25. The molecule has 4 aliphatic rings. The van der Waals surface area contributed by atoms with Crippen LogP contribution in [0.1, 0.15) is 173 Å². The van der Waals surface area contributed by atoms with Crippen LogP contribution in [0.15, 0.2) is 23.2 Å². The molecule has 13 atom stereocenters. The number of ketones is 3. The number of rotatable bonds is 36. The number of unbranched alkanes of at least 4 members (excludes halogenated alkanes) is 2. The van der Waals surface area contributed by atoms with Gasteiger partial charge in [0.05, 0.1) is 61.9 Å². The molecule has 1 saturated heterocycles. The van der Waals surface area contributed by atoms with Gasteiger partial charge in [-0.15, -0.1) is 0 Å². The van der Waals surface area contributed by atoms with Gasteiger partial charge < -0.3 is 115 Å². The molecule has 3 aliphatic carbocycles. The average Bonchev–Trinajstić information content (AvgIpc) is 0.711. The summed E-state index contributed by atoms with van der Waals surface area (Å²) in [4.78, 5) is 167. The van der Waals surface area contributed by atoms with E-state index in [4.69, 9.17) is 31.4 Å². The van der Waals surface area contributed by atoms with Crippen LogP contribution in [-0.2, 0) is 63.8 Å². The first-order chi connectivity index (χ1) is 47.4. The molecule has 0 aromatic heterocycles.